The maximum Gasteiger partial charge on any atom is 0.255 e. The second-order valence-electron chi connectivity index (χ2n) is 4.13. The molecule has 0 saturated carbocycles. The molecule has 0 aliphatic heterocycles. The second-order valence-corrected chi connectivity index (χ2v) is 4.91. The molecular weight excluding hydrogens is 258 g/mol. The molecule has 0 saturated heterocycles. The molecule has 0 atom stereocenters. The topological polar surface area (TPSA) is 69.1 Å². The second kappa shape index (κ2) is 4.55. The SMILES string of the molecule is CSc1nc2nc(C)c(-c3ccccc3)c(N)n2n1. The van der Waals surface area contributed by atoms with Crippen LogP contribution in [0.1, 0.15) is 5.69 Å². The summed E-state index contributed by atoms with van der Waals surface area (Å²) in [6, 6.07) is 9.96. The highest BCUT2D eigenvalue weighted by Crippen LogP contribution is 2.28. The number of nitrogens with zero attached hydrogens (tertiary/aromatic N) is 4. The van der Waals surface area contributed by atoms with Gasteiger partial charge in [-0.25, -0.2) is 4.98 Å². The zero-order valence-electron chi connectivity index (χ0n) is 10.7. The van der Waals surface area contributed by atoms with Crippen molar-refractivity contribution in [3.8, 4) is 11.1 Å². The summed E-state index contributed by atoms with van der Waals surface area (Å²) in [5.74, 6) is 1.11. The van der Waals surface area contributed by atoms with Crippen LogP contribution in [0.25, 0.3) is 16.9 Å². The van der Waals surface area contributed by atoms with Gasteiger partial charge in [0.05, 0.1) is 5.69 Å². The minimum Gasteiger partial charge on any atom is -0.383 e. The lowest BCUT2D eigenvalue weighted by Crippen LogP contribution is -2.05. The van der Waals surface area contributed by atoms with Crippen LogP contribution in [0.4, 0.5) is 5.82 Å². The van der Waals surface area contributed by atoms with Crippen LogP contribution in [0, 0.1) is 6.92 Å². The number of benzene rings is 1. The van der Waals surface area contributed by atoms with Crippen molar-refractivity contribution in [2.75, 3.05) is 12.0 Å². The van der Waals surface area contributed by atoms with Gasteiger partial charge in [0.2, 0.25) is 5.16 Å². The molecule has 3 aromatic rings. The Kier molecular flexibility index (Phi) is 2.87. The van der Waals surface area contributed by atoms with Crippen LogP contribution in [-0.2, 0) is 0 Å². The molecule has 0 amide bonds. The van der Waals surface area contributed by atoms with Gasteiger partial charge >= 0.3 is 0 Å². The van der Waals surface area contributed by atoms with E-state index in [9.17, 15) is 0 Å². The smallest absolute Gasteiger partial charge is 0.255 e. The number of hydrogen-bond acceptors (Lipinski definition) is 5. The van der Waals surface area contributed by atoms with Crippen molar-refractivity contribution in [2.45, 2.75) is 12.1 Å². The van der Waals surface area contributed by atoms with Crippen molar-refractivity contribution < 1.29 is 0 Å². The first kappa shape index (κ1) is 12.0. The van der Waals surface area contributed by atoms with Gasteiger partial charge < -0.3 is 5.73 Å². The summed E-state index contributed by atoms with van der Waals surface area (Å²) in [4.78, 5) is 8.79. The van der Waals surface area contributed by atoms with E-state index in [-0.39, 0.29) is 0 Å². The molecule has 0 aliphatic carbocycles. The van der Waals surface area contributed by atoms with E-state index in [0.29, 0.717) is 16.8 Å². The lowest BCUT2D eigenvalue weighted by Gasteiger charge is -2.09. The fourth-order valence-electron chi connectivity index (χ4n) is 2.06. The van der Waals surface area contributed by atoms with Crippen molar-refractivity contribution in [1.82, 2.24) is 19.6 Å². The third-order valence-electron chi connectivity index (χ3n) is 2.93. The number of anilines is 1. The Balaban J connectivity index is 2.31. The minimum atomic E-state index is 0.541. The Morgan fingerprint density at radius 3 is 2.58 bits per heavy atom. The highest BCUT2D eigenvalue weighted by Gasteiger charge is 2.14. The van der Waals surface area contributed by atoms with E-state index in [2.05, 4.69) is 15.1 Å². The molecule has 96 valence electrons. The predicted octanol–water partition coefficient (Wildman–Crippen LogP) is 2.40. The molecule has 2 aromatic heterocycles. The van der Waals surface area contributed by atoms with E-state index >= 15 is 0 Å². The van der Waals surface area contributed by atoms with Gasteiger partial charge in [0.15, 0.2) is 0 Å². The Bertz CT molecular complexity index is 736. The molecule has 1 aromatic carbocycles. The Hall–Kier alpha value is -2.08. The average molecular weight is 271 g/mol. The highest BCUT2D eigenvalue weighted by molar-refractivity contribution is 7.98. The van der Waals surface area contributed by atoms with Gasteiger partial charge in [-0.05, 0) is 18.7 Å². The van der Waals surface area contributed by atoms with Gasteiger partial charge in [-0.2, -0.15) is 9.50 Å². The number of rotatable bonds is 2. The van der Waals surface area contributed by atoms with Crippen LogP contribution in [0.3, 0.4) is 0 Å². The normalized spacial score (nSPS) is 11.1. The van der Waals surface area contributed by atoms with E-state index < -0.39 is 0 Å². The quantitative estimate of drug-likeness (QED) is 0.725. The molecule has 3 rings (SSSR count). The van der Waals surface area contributed by atoms with Gasteiger partial charge in [-0.3, -0.25) is 0 Å². The zero-order chi connectivity index (χ0) is 13.4. The van der Waals surface area contributed by atoms with Crippen LogP contribution in [0.5, 0.6) is 0 Å². The molecular formula is C13H13N5S. The van der Waals surface area contributed by atoms with Gasteiger partial charge in [0.25, 0.3) is 5.78 Å². The summed E-state index contributed by atoms with van der Waals surface area (Å²) >= 11 is 1.47. The molecule has 2 N–H and O–H groups in total. The number of nitrogens with two attached hydrogens (primary N) is 1. The Labute approximate surface area is 114 Å². The largest absolute Gasteiger partial charge is 0.383 e. The molecule has 0 spiro atoms. The third kappa shape index (κ3) is 1.94. The molecule has 0 bridgehead atoms. The van der Waals surface area contributed by atoms with E-state index in [0.717, 1.165) is 16.8 Å². The van der Waals surface area contributed by atoms with Gasteiger partial charge in [-0.15, -0.1) is 5.10 Å². The van der Waals surface area contributed by atoms with Crippen LogP contribution in [-0.4, -0.2) is 25.8 Å². The standard InChI is InChI=1S/C13H13N5S/c1-8-10(9-6-4-3-5-7-9)11(14)18-12(15-8)16-13(17-18)19-2/h3-7H,14H2,1-2H3. The highest BCUT2D eigenvalue weighted by atomic mass is 32.2. The first-order valence-corrected chi connectivity index (χ1v) is 7.05. The molecule has 19 heavy (non-hydrogen) atoms. The zero-order valence-corrected chi connectivity index (χ0v) is 11.5. The monoisotopic (exact) mass is 271 g/mol. The first-order chi connectivity index (χ1) is 9.20. The van der Waals surface area contributed by atoms with Gasteiger partial charge in [-0.1, -0.05) is 42.1 Å². The van der Waals surface area contributed by atoms with Gasteiger partial charge in [0.1, 0.15) is 5.82 Å². The molecule has 2 heterocycles. The minimum absolute atomic E-state index is 0.541. The lowest BCUT2D eigenvalue weighted by atomic mass is 10.1. The van der Waals surface area contributed by atoms with Crippen molar-refractivity contribution in [2.24, 2.45) is 0 Å². The van der Waals surface area contributed by atoms with Crippen molar-refractivity contribution in [1.29, 1.82) is 0 Å². The predicted molar refractivity (Wildman–Crippen MR) is 77.1 cm³/mol. The molecule has 0 aliphatic rings. The van der Waals surface area contributed by atoms with Crippen LogP contribution in [0.15, 0.2) is 35.5 Å². The van der Waals surface area contributed by atoms with Crippen LogP contribution < -0.4 is 5.73 Å². The van der Waals surface area contributed by atoms with E-state index in [4.69, 9.17) is 5.73 Å². The van der Waals surface area contributed by atoms with Crippen LogP contribution in [0.2, 0.25) is 0 Å². The van der Waals surface area contributed by atoms with Crippen molar-refractivity contribution >= 4 is 23.4 Å². The maximum absolute atomic E-state index is 6.23. The Morgan fingerprint density at radius 2 is 1.89 bits per heavy atom. The number of thioether (sulfide) groups is 1. The fraction of sp³-hybridized carbons (Fsp3) is 0.154. The number of fused-ring (bicyclic) bond motifs is 1. The fourth-order valence-corrected chi connectivity index (χ4v) is 2.40. The summed E-state index contributed by atoms with van der Waals surface area (Å²) in [5.41, 5.74) is 9.03. The van der Waals surface area contributed by atoms with Crippen LogP contribution >= 0.6 is 11.8 Å². The molecule has 6 heteroatoms. The molecule has 0 radical (unpaired) electrons. The molecule has 0 fully saturated rings. The molecule has 5 nitrogen and oxygen atoms in total. The van der Waals surface area contributed by atoms with E-state index in [1.54, 1.807) is 4.52 Å². The van der Waals surface area contributed by atoms with E-state index in [1.807, 2.05) is 43.5 Å². The lowest BCUT2D eigenvalue weighted by molar-refractivity contribution is 0.888. The number of aryl methyl sites for hydroxylation is 1. The number of nitrogen functional groups attached to an aromatic ring is 1. The van der Waals surface area contributed by atoms with Crippen molar-refractivity contribution in [3.63, 3.8) is 0 Å². The number of hydrogen-bond donors (Lipinski definition) is 1. The summed E-state index contributed by atoms with van der Waals surface area (Å²) in [7, 11) is 0. The first-order valence-electron chi connectivity index (χ1n) is 5.83. The summed E-state index contributed by atoms with van der Waals surface area (Å²) < 4.78 is 1.60. The molecule has 0 unspecified atom stereocenters. The Morgan fingerprint density at radius 1 is 1.16 bits per heavy atom. The summed E-state index contributed by atoms with van der Waals surface area (Å²) in [6.45, 7) is 1.94. The maximum atomic E-state index is 6.23. The average Bonchev–Trinajstić information content (AvgIpc) is 2.83. The van der Waals surface area contributed by atoms with Crippen molar-refractivity contribution in [3.05, 3.63) is 36.0 Å². The number of aromatic nitrogens is 4. The third-order valence-corrected chi connectivity index (χ3v) is 3.47. The summed E-state index contributed by atoms with van der Waals surface area (Å²) in [6.07, 6.45) is 1.93. The van der Waals surface area contributed by atoms with Gasteiger partial charge in [0, 0.05) is 5.56 Å². The summed E-state index contributed by atoms with van der Waals surface area (Å²) in [5, 5.41) is 5.01. The van der Waals surface area contributed by atoms with E-state index in [1.165, 1.54) is 11.8 Å².